The summed E-state index contributed by atoms with van der Waals surface area (Å²) in [4.78, 5) is 21.9. The number of nitrogens with zero attached hydrogens (tertiary/aromatic N) is 4. The Labute approximate surface area is 111 Å². The number of imidazole rings is 1. The molecule has 1 aliphatic rings. The molecule has 0 aliphatic carbocycles. The molecular weight excluding hydrogens is 240 g/mol. The first kappa shape index (κ1) is 11.9. The van der Waals surface area contributed by atoms with Gasteiger partial charge in [0.25, 0.3) is 0 Å². The van der Waals surface area contributed by atoms with Crippen molar-refractivity contribution < 1.29 is 4.79 Å². The molecule has 1 atom stereocenters. The van der Waals surface area contributed by atoms with Gasteiger partial charge < -0.3 is 9.47 Å². The quantitative estimate of drug-likeness (QED) is 0.834. The first-order chi connectivity index (χ1) is 9.24. The summed E-state index contributed by atoms with van der Waals surface area (Å²) >= 11 is 0. The van der Waals surface area contributed by atoms with E-state index in [1.807, 2.05) is 31.6 Å². The van der Waals surface area contributed by atoms with Crippen LogP contribution in [0.25, 0.3) is 11.4 Å². The zero-order valence-electron chi connectivity index (χ0n) is 10.9. The maximum Gasteiger partial charge on any atom is 0.222 e. The smallest absolute Gasteiger partial charge is 0.222 e. The predicted octanol–water partition coefficient (Wildman–Crippen LogP) is 1.42. The van der Waals surface area contributed by atoms with E-state index in [2.05, 4.69) is 14.5 Å². The fourth-order valence-electron chi connectivity index (χ4n) is 2.57. The van der Waals surface area contributed by atoms with Gasteiger partial charge in [-0.3, -0.25) is 9.78 Å². The molecule has 0 saturated carbocycles. The minimum Gasteiger partial charge on any atom is -0.345 e. The zero-order chi connectivity index (χ0) is 13.2. The minimum absolute atomic E-state index is 0.230. The summed E-state index contributed by atoms with van der Waals surface area (Å²) in [5, 5.41) is 0. The number of aromatic nitrogens is 3. The average molecular weight is 256 g/mol. The third kappa shape index (κ3) is 2.36. The number of likely N-dealkylation sites (tertiary alicyclic amines) is 1. The Bertz CT molecular complexity index is 578. The minimum atomic E-state index is 0.230. The highest BCUT2D eigenvalue weighted by Gasteiger charge is 2.27. The van der Waals surface area contributed by atoms with E-state index in [0.717, 1.165) is 24.5 Å². The monoisotopic (exact) mass is 256 g/mol. The maximum atomic E-state index is 11.6. The molecule has 1 aliphatic heterocycles. The number of hydrogen-bond acceptors (Lipinski definition) is 3. The Morgan fingerprint density at radius 1 is 1.42 bits per heavy atom. The Morgan fingerprint density at radius 3 is 3.00 bits per heavy atom. The van der Waals surface area contributed by atoms with Gasteiger partial charge in [-0.2, -0.15) is 0 Å². The van der Waals surface area contributed by atoms with Gasteiger partial charge in [-0.1, -0.05) is 0 Å². The molecule has 1 saturated heterocycles. The second-order valence-electron chi connectivity index (χ2n) is 4.99. The summed E-state index contributed by atoms with van der Waals surface area (Å²) in [7, 11) is 1.86. The Hall–Kier alpha value is -2.17. The van der Waals surface area contributed by atoms with Gasteiger partial charge >= 0.3 is 0 Å². The Balaban J connectivity index is 1.80. The standard InChI is InChI=1S/C14H16N4O/c1-17-9-11(7-13(17)19)10-18-6-5-16-14(18)12-3-2-4-15-8-12/h2-6,8,11H,7,9-10H2,1H3. The molecule has 1 amide bonds. The lowest BCUT2D eigenvalue weighted by Crippen LogP contribution is -2.20. The van der Waals surface area contributed by atoms with E-state index < -0.39 is 0 Å². The van der Waals surface area contributed by atoms with Gasteiger partial charge in [0.2, 0.25) is 5.91 Å². The van der Waals surface area contributed by atoms with Gasteiger partial charge in [-0.25, -0.2) is 4.98 Å². The van der Waals surface area contributed by atoms with Gasteiger partial charge in [-0.05, 0) is 12.1 Å². The third-order valence-electron chi connectivity index (χ3n) is 3.51. The molecule has 2 aromatic rings. The number of pyridine rings is 1. The lowest BCUT2D eigenvalue weighted by atomic mass is 10.1. The van der Waals surface area contributed by atoms with Gasteiger partial charge in [0.05, 0.1) is 0 Å². The van der Waals surface area contributed by atoms with Crippen molar-refractivity contribution in [1.82, 2.24) is 19.4 Å². The summed E-state index contributed by atoms with van der Waals surface area (Å²) in [6, 6.07) is 3.90. The molecule has 5 heteroatoms. The van der Waals surface area contributed by atoms with Crippen molar-refractivity contribution in [2.24, 2.45) is 5.92 Å². The Morgan fingerprint density at radius 2 is 2.32 bits per heavy atom. The molecule has 5 nitrogen and oxygen atoms in total. The fraction of sp³-hybridized carbons (Fsp3) is 0.357. The van der Waals surface area contributed by atoms with Crippen LogP contribution in [0.4, 0.5) is 0 Å². The van der Waals surface area contributed by atoms with E-state index in [-0.39, 0.29) is 5.91 Å². The van der Waals surface area contributed by atoms with E-state index in [1.165, 1.54) is 0 Å². The number of carbonyl (C=O) groups is 1. The van der Waals surface area contributed by atoms with Crippen LogP contribution >= 0.6 is 0 Å². The molecule has 98 valence electrons. The molecule has 2 aromatic heterocycles. The number of carbonyl (C=O) groups excluding carboxylic acids is 1. The molecule has 3 heterocycles. The molecule has 3 rings (SSSR count). The van der Waals surface area contributed by atoms with Crippen LogP contribution in [-0.2, 0) is 11.3 Å². The van der Waals surface area contributed by atoms with E-state index >= 15 is 0 Å². The Kier molecular flexibility index (Phi) is 3.03. The number of rotatable bonds is 3. The highest BCUT2D eigenvalue weighted by molar-refractivity contribution is 5.78. The first-order valence-corrected chi connectivity index (χ1v) is 6.39. The third-order valence-corrected chi connectivity index (χ3v) is 3.51. The van der Waals surface area contributed by atoms with Gasteiger partial charge in [-0.15, -0.1) is 0 Å². The van der Waals surface area contributed by atoms with Crippen molar-refractivity contribution in [1.29, 1.82) is 0 Å². The topological polar surface area (TPSA) is 51.0 Å². The summed E-state index contributed by atoms with van der Waals surface area (Å²) in [5.74, 6) is 1.50. The highest BCUT2D eigenvalue weighted by atomic mass is 16.2. The predicted molar refractivity (Wildman–Crippen MR) is 71.2 cm³/mol. The van der Waals surface area contributed by atoms with Gasteiger partial charge in [0.1, 0.15) is 5.82 Å². The van der Waals surface area contributed by atoms with Crippen molar-refractivity contribution in [2.75, 3.05) is 13.6 Å². The lowest BCUT2D eigenvalue weighted by Gasteiger charge is -2.13. The van der Waals surface area contributed by atoms with E-state index in [0.29, 0.717) is 12.3 Å². The highest BCUT2D eigenvalue weighted by Crippen LogP contribution is 2.22. The van der Waals surface area contributed by atoms with Crippen LogP contribution in [0.5, 0.6) is 0 Å². The zero-order valence-corrected chi connectivity index (χ0v) is 10.9. The van der Waals surface area contributed by atoms with E-state index in [4.69, 9.17) is 0 Å². The average Bonchev–Trinajstić information content (AvgIpc) is 2.99. The first-order valence-electron chi connectivity index (χ1n) is 6.39. The largest absolute Gasteiger partial charge is 0.345 e. The summed E-state index contributed by atoms with van der Waals surface area (Å²) in [5.41, 5.74) is 1.00. The summed E-state index contributed by atoms with van der Waals surface area (Å²) in [6.07, 6.45) is 7.95. The van der Waals surface area contributed by atoms with Crippen LogP contribution in [0.2, 0.25) is 0 Å². The second-order valence-corrected chi connectivity index (χ2v) is 4.99. The number of hydrogen-bond donors (Lipinski definition) is 0. The van der Waals surface area contributed by atoms with Gasteiger partial charge in [0.15, 0.2) is 0 Å². The second kappa shape index (κ2) is 4.84. The SMILES string of the molecule is CN1CC(Cn2ccnc2-c2cccnc2)CC1=O. The molecule has 1 unspecified atom stereocenters. The summed E-state index contributed by atoms with van der Waals surface area (Å²) in [6.45, 7) is 1.64. The van der Waals surface area contributed by atoms with Crippen molar-refractivity contribution >= 4 is 5.91 Å². The van der Waals surface area contributed by atoms with Crippen LogP contribution in [-0.4, -0.2) is 38.9 Å². The van der Waals surface area contributed by atoms with E-state index in [9.17, 15) is 4.79 Å². The lowest BCUT2D eigenvalue weighted by molar-refractivity contribution is -0.126. The fourth-order valence-corrected chi connectivity index (χ4v) is 2.57. The number of amides is 1. The van der Waals surface area contributed by atoms with Crippen LogP contribution in [0, 0.1) is 5.92 Å². The maximum absolute atomic E-state index is 11.6. The molecule has 1 fully saturated rings. The molecule has 0 radical (unpaired) electrons. The molecule has 19 heavy (non-hydrogen) atoms. The van der Waals surface area contributed by atoms with E-state index in [1.54, 1.807) is 17.3 Å². The summed E-state index contributed by atoms with van der Waals surface area (Å²) < 4.78 is 2.11. The molecule has 0 aromatic carbocycles. The normalized spacial score (nSPS) is 19.1. The van der Waals surface area contributed by atoms with Crippen molar-refractivity contribution in [3.63, 3.8) is 0 Å². The van der Waals surface area contributed by atoms with Gasteiger partial charge in [0, 0.05) is 62.8 Å². The molecule has 0 N–H and O–H groups in total. The van der Waals surface area contributed by atoms with Crippen LogP contribution in [0.3, 0.4) is 0 Å². The molecular formula is C14H16N4O. The molecule has 0 bridgehead atoms. The van der Waals surface area contributed by atoms with Crippen molar-refractivity contribution in [3.8, 4) is 11.4 Å². The van der Waals surface area contributed by atoms with Crippen LogP contribution in [0.1, 0.15) is 6.42 Å². The van der Waals surface area contributed by atoms with Crippen LogP contribution < -0.4 is 0 Å². The van der Waals surface area contributed by atoms with Crippen LogP contribution in [0.15, 0.2) is 36.9 Å². The molecule has 0 spiro atoms. The van der Waals surface area contributed by atoms with Crippen molar-refractivity contribution in [3.05, 3.63) is 36.9 Å². The van der Waals surface area contributed by atoms with Crippen molar-refractivity contribution in [2.45, 2.75) is 13.0 Å².